The molecule has 0 aromatic heterocycles. The zero-order valence-corrected chi connectivity index (χ0v) is 17.7. The van der Waals surface area contributed by atoms with Gasteiger partial charge in [0, 0.05) is 0 Å². The van der Waals surface area contributed by atoms with Gasteiger partial charge in [0.15, 0.2) is 0 Å². The van der Waals surface area contributed by atoms with Crippen LogP contribution in [0.4, 0.5) is 11.4 Å². The highest BCUT2D eigenvalue weighted by atomic mass is 35.5. The number of nitrogens with zero attached hydrogens (tertiary/aromatic N) is 1. The molecule has 0 fully saturated rings. The fourth-order valence-corrected chi connectivity index (χ4v) is 4.62. The quantitative estimate of drug-likeness (QED) is 0.613. The van der Waals surface area contributed by atoms with Crippen LogP contribution in [-0.4, -0.2) is 20.9 Å². The lowest BCUT2D eigenvalue weighted by atomic mass is 10.1. The number of hydrogen-bond acceptors (Lipinski definition) is 3. The van der Waals surface area contributed by atoms with Crippen molar-refractivity contribution in [3.8, 4) is 0 Å². The molecule has 0 aliphatic heterocycles. The highest BCUT2D eigenvalue weighted by Gasteiger charge is 2.27. The Kier molecular flexibility index (Phi) is 6.25. The van der Waals surface area contributed by atoms with E-state index in [2.05, 4.69) is 5.32 Å². The molecule has 7 heteroatoms. The van der Waals surface area contributed by atoms with Crippen LogP contribution in [0, 0.1) is 13.8 Å². The van der Waals surface area contributed by atoms with Gasteiger partial charge in [-0.15, -0.1) is 0 Å². The normalized spacial score (nSPS) is 11.1. The molecule has 0 atom stereocenters. The summed E-state index contributed by atoms with van der Waals surface area (Å²) < 4.78 is 27.8. The maximum Gasteiger partial charge on any atom is 0.264 e. The van der Waals surface area contributed by atoms with E-state index in [0.717, 1.165) is 15.4 Å². The monoisotopic (exact) mass is 428 g/mol. The molecule has 1 amide bonds. The number of anilines is 2. The van der Waals surface area contributed by atoms with Crippen LogP contribution in [0.25, 0.3) is 0 Å². The number of rotatable bonds is 6. The van der Waals surface area contributed by atoms with Gasteiger partial charge in [0.05, 0.1) is 21.3 Å². The third kappa shape index (κ3) is 4.96. The fourth-order valence-electron chi connectivity index (χ4n) is 3.01. The lowest BCUT2D eigenvalue weighted by molar-refractivity contribution is -0.114. The fraction of sp³-hybridized carbons (Fsp3) is 0.136. The number of amides is 1. The van der Waals surface area contributed by atoms with Crippen LogP contribution in [0.3, 0.4) is 0 Å². The summed E-state index contributed by atoms with van der Waals surface area (Å²) in [6.45, 7) is 3.38. The van der Waals surface area contributed by atoms with E-state index in [1.165, 1.54) is 12.1 Å². The number of para-hydroxylation sites is 1. The summed E-state index contributed by atoms with van der Waals surface area (Å²) >= 11 is 6.10. The van der Waals surface area contributed by atoms with Crippen molar-refractivity contribution in [2.75, 3.05) is 16.2 Å². The molecule has 3 aromatic rings. The van der Waals surface area contributed by atoms with Crippen molar-refractivity contribution in [3.05, 3.63) is 88.9 Å². The number of hydrogen-bond donors (Lipinski definition) is 1. The van der Waals surface area contributed by atoms with Gasteiger partial charge in [0.1, 0.15) is 6.54 Å². The Bertz CT molecular complexity index is 1110. The molecule has 0 radical (unpaired) electrons. The van der Waals surface area contributed by atoms with E-state index in [9.17, 15) is 13.2 Å². The van der Waals surface area contributed by atoms with Crippen LogP contribution in [0.1, 0.15) is 11.1 Å². The molecule has 0 aliphatic carbocycles. The number of carbonyl (C=O) groups is 1. The van der Waals surface area contributed by atoms with Crippen LogP contribution in [-0.2, 0) is 14.8 Å². The Hall–Kier alpha value is -2.83. The molecule has 0 unspecified atom stereocenters. The Morgan fingerprint density at radius 2 is 1.52 bits per heavy atom. The smallest absolute Gasteiger partial charge is 0.264 e. The van der Waals surface area contributed by atoms with Crippen LogP contribution < -0.4 is 9.62 Å². The molecule has 3 rings (SSSR count). The Morgan fingerprint density at radius 1 is 0.931 bits per heavy atom. The zero-order valence-electron chi connectivity index (χ0n) is 16.1. The predicted molar refractivity (Wildman–Crippen MR) is 117 cm³/mol. The van der Waals surface area contributed by atoms with Crippen molar-refractivity contribution >= 4 is 38.9 Å². The van der Waals surface area contributed by atoms with Gasteiger partial charge < -0.3 is 5.32 Å². The summed E-state index contributed by atoms with van der Waals surface area (Å²) in [5, 5.41) is 3.07. The van der Waals surface area contributed by atoms with Crippen molar-refractivity contribution in [1.29, 1.82) is 0 Å². The van der Waals surface area contributed by atoms with Gasteiger partial charge in [0.2, 0.25) is 5.91 Å². The van der Waals surface area contributed by atoms with Crippen molar-refractivity contribution in [2.45, 2.75) is 18.7 Å². The number of sulfonamides is 1. The average molecular weight is 429 g/mol. The van der Waals surface area contributed by atoms with Crippen LogP contribution in [0.2, 0.25) is 5.02 Å². The molecule has 150 valence electrons. The summed E-state index contributed by atoms with van der Waals surface area (Å²) in [7, 11) is -3.95. The second-order valence-corrected chi connectivity index (χ2v) is 8.97. The molecule has 0 saturated heterocycles. The molecule has 1 N–H and O–H groups in total. The predicted octanol–water partition coefficient (Wildman–Crippen LogP) is 4.79. The summed E-state index contributed by atoms with van der Waals surface area (Å²) in [5.41, 5.74) is 2.66. The van der Waals surface area contributed by atoms with Gasteiger partial charge in [-0.1, -0.05) is 48.0 Å². The zero-order chi connectivity index (χ0) is 21.0. The minimum Gasteiger partial charge on any atom is -0.323 e. The summed E-state index contributed by atoms with van der Waals surface area (Å²) in [6.07, 6.45) is 0. The van der Waals surface area contributed by atoms with Gasteiger partial charge in [-0.3, -0.25) is 9.10 Å². The molecule has 0 spiro atoms. The van der Waals surface area contributed by atoms with E-state index in [0.29, 0.717) is 16.4 Å². The number of halogens is 1. The lowest BCUT2D eigenvalue weighted by Crippen LogP contribution is -2.38. The molecule has 3 aromatic carbocycles. The van der Waals surface area contributed by atoms with E-state index in [-0.39, 0.29) is 11.4 Å². The van der Waals surface area contributed by atoms with Gasteiger partial charge in [0.25, 0.3) is 10.0 Å². The van der Waals surface area contributed by atoms with E-state index in [4.69, 9.17) is 11.6 Å². The van der Waals surface area contributed by atoms with Crippen molar-refractivity contribution in [3.63, 3.8) is 0 Å². The summed E-state index contributed by atoms with van der Waals surface area (Å²) in [4.78, 5) is 12.8. The highest BCUT2D eigenvalue weighted by Crippen LogP contribution is 2.26. The molecular formula is C22H21ClN2O3S. The number of carbonyl (C=O) groups excluding carboxylic acids is 1. The standard InChI is InChI=1S/C22H21ClN2O3S/c1-16-12-17(2)14-18(13-16)25(29(27,28)19-8-4-3-5-9-19)15-22(26)24-21-11-7-6-10-20(21)23/h3-14H,15H2,1-2H3,(H,24,26). The second-order valence-electron chi connectivity index (χ2n) is 6.70. The first-order chi connectivity index (χ1) is 13.8. The number of nitrogens with one attached hydrogen (secondary N) is 1. The van der Waals surface area contributed by atoms with E-state index in [1.54, 1.807) is 54.6 Å². The van der Waals surface area contributed by atoms with E-state index >= 15 is 0 Å². The largest absolute Gasteiger partial charge is 0.323 e. The summed E-state index contributed by atoms with van der Waals surface area (Å²) in [6, 6.07) is 20.3. The van der Waals surface area contributed by atoms with Gasteiger partial charge >= 0.3 is 0 Å². The SMILES string of the molecule is Cc1cc(C)cc(N(CC(=O)Nc2ccccc2Cl)S(=O)(=O)c2ccccc2)c1. The molecular weight excluding hydrogens is 408 g/mol. The third-order valence-electron chi connectivity index (χ3n) is 4.26. The van der Waals surface area contributed by atoms with Crippen LogP contribution in [0.15, 0.2) is 77.7 Å². The van der Waals surface area contributed by atoms with Gasteiger partial charge in [-0.2, -0.15) is 0 Å². The van der Waals surface area contributed by atoms with E-state index in [1.807, 2.05) is 19.9 Å². The van der Waals surface area contributed by atoms with Crippen molar-refractivity contribution < 1.29 is 13.2 Å². The number of aryl methyl sites for hydroxylation is 2. The van der Waals surface area contributed by atoms with Gasteiger partial charge in [-0.05, 0) is 61.4 Å². The maximum absolute atomic E-state index is 13.3. The molecule has 0 heterocycles. The third-order valence-corrected chi connectivity index (χ3v) is 6.38. The first-order valence-electron chi connectivity index (χ1n) is 8.98. The van der Waals surface area contributed by atoms with Crippen LogP contribution in [0.5, 0.6) is 0 Å². The molecule has 5 nitrogen and oxygen atoms in total. The Morgan fingerprint density at radius 3 is 2.14 bits per heavy atom. The number of benzene rings is 3. The molecule has 0 saturated carbocycles. The van der Waals surface area contributed by atoms with Gasteiger partial charge in [-0.25, -0.2) is 8.42 Å². The second kappa shape index (κ2) is 8.68. The van der Waals surface area contributed by atoms with Crippen molar-refractivity contribution in [1.82, 2.24) is 0 Å². The Labute approximate surface area is 176 Å². The minimum atomic E-state index is -3.95. The van der Waals surface area contributed by atoms with E-state index < -0.39 is 15.9 Å². The Balaban J connectivity index is 1.99. The topological polar surface area (TPSA) is 66.5 Å². The molecule has 29 heavy (non-hydrogen) atoms. The first kappa shape index (κ1) is 20.9. The molecule has 0 bridgehead atoms. The average Bonchev–Trinajstić information content (AvgIpc) is 2.68. The lowest BCUT2D eigenvalue weighted by Gasteiger charge is -2.25. The first-order valence-corrected chi connectivity index (χ1v) is 10.8. The molecule has 0 aliphatic rings. The maximum atomic E-state index is 13.3. The summed E-state index contributed by atoms with van der Waals surface area (Å²) in [5.74, 6) is -0.489. The minimum absolute atomic E-state index is 0.115. The van der Waals surface area contributed by atoms with Crippen molar-refractivity contribution in [2.24, 2.45) is 0 Å². The highest BCUT2D eigenvalue weighted by molar-refractivity contribution is 7.92. The van der Waals surface area contributed by atoms with Crippen LogP contribution >= 0.6 is 11.6 Å².